The summed E-state index contributed by atoms with van der Waals surface area (Å²) < 4.78 is 15.3. The minimum absolute atomic E-state index is 0.101. The van der Waals surface area contributed by atoms with Gasteiger partial charge in [0.05, 0.1) is 6.20 Å². The van der Waals surface area contributed by atoms with Gasteiger partial charge in [-0.15, -0.1) is 0 Å². The van der Waals surface area contributed by atoms with Gasteiger partial charge in [0.1, 0.15) is 5.82 Å². The molecule has 0 bridgehead atoms. The second-order valence-electron chi connectivity index (χ2n) is 3.64. The minimum Gasteiger partial charge on any atom is -0.321 e. The summed E-state index contributed by atoms with van der Waals surface area (Å²) in [5, 5.41) is 6.34. The zero-order valence-corrected chi connectivity index (χ0v) is 10.7. The third-order valence-electron chi connectivity index (χ3n) is 2.32. The lowest BCUT2D eigenvalue weighted by Crippen LogP contribution is -2.08. The molecule has 3 aromatic rings. The fourth-order valence-corrected chi connectivity index (χ4v) is 1.63. The monoisotopic (exact) mass is 291 g/mol. The number of aromatic nitrogens is 6. The van der Waals surface area contributed by atoms with E-state index in [2.05, 4.69) is 30.4 Å². The van der Waals surface area contributed by atoms with Crippen LogP contribution in [0, 0.1) is 5.82 Å². The Morgan fingerprint density at radius 3 is 2.80 bits per heavy atom. The highest BCUT2D eigenvalue weighted by atomic mass is 35.5. The molecule has 0 fully saturated rings. The molecule has 0 saturated carbocycles. The van der Waals surface area contributed by atoms with Gasteiger partial charge in [0.2, 0.25) is 5.82 Å². The maximum Gasteiger partial charge on any atom is 0.254 e. The van der Waals surface area contributed by atoms with Gasteiger partial charge in [-0.3, -0.25) is 4.98 Å². The van der Waals surface area contributed by atoms with Crippen LogP contribution in [-0.2, 0) is 0 Å². The largest absolute Gasteiger partial charge is 0.321 e. The molecule has 20 heavy (non-hydrogen) atoms. The van der Waals surface area contributed by atoms with E-state index in [9.17, 15) is 4.39 Å². The van der Waals surface area contributed by atoms with Crippen LogP contribution in [0.25, 0.3) is 5.95 Å². The Hall–Kier alpha value is -2.61. The smallest absolute Gasteiger partial charge is 0.254 e. The number of nitrogens with zero attached hydrogens (tertiary/aromatic N) is 6. The summed E-state index contributed by atoms with van der Waals surface area (Å²) in [6.45, 7) is 0. The quantitative estimate of drug-likeness (QED) is 0.743. The van der Waals surface area contributed by atoms with E-state index in [0.717, 1.165) is 0 Å². The normalized spacial score (nSPS) is 10.5. The van der Waals surface area contributed by atoms with Gasteiger partial charge in [0, 0.05) is 24.8 Å². The standard InChI is InChI=1S/C11H7ClFN7/c12-9-8(13)10(17-7-6-14-3-4-15-7)19-11(18-9)20-5-1-2-16-20/h1-6H,(H,15,17,18,19). The molecule has 1 N–H and O–H groups in total. The van der Waals surface area contributed by atoms with Crippen LogP contribution in [0.15, 0.2) is 37.1 Å². The zero-order valence-electron chi connectivity index (χ0n) is 9.90. The maximum atomic E-state index is 13.9. The third-order valence-corrected chi connectivity index (χ3v) is 2.57. The Balaban J connectivity index is 2.02. The fraction of sp³-hybridized carbons (Fsp3) is 0. The molecule has 100 valence electrons. The van der Waals surface area contributed by atoms with Crippen LogP contribution < -0.4 is 5.32 Å². The topological polar surface area (TPSA) is 81.4 Å². The predicted molar refractivity (Wildman–Crippen MR) is 69.4 cm³/mol. The average molecular weight is 292 g/mol. The highest BCUT2D eigenvalue weighted by molar-refractivity contribution is 6.29. The molecule has 7 nitrogen and oxygen atoms in total. The molecule has 0 aliphatic carbocycles. The van der Waals surface area contributed by atoms with Gasteiger partial charge in [-0.05, 0) is 6.07 Å². The van der Waals surface area contributed by atoms with E-state index in [0.29, 0.717) is 5.82 Å². The van der Waals surface area contributed by atoms with Crippen LogP contribution in [0.1, 0.15) is 0 Å². The summed E-state index contributed by atoms with van der Waals surface area (Å²) in [5.74, 6) is -0.385. The first kappa shape index (κ1) is 12.4. The number of hydrogen-bond donors (Lipinski definition) is 1. The number of rotatable bonds is 3. The first-order valence-corrected chi connectivity index (χ1v) is 5.88. The second kappa shape index (κ2) is 5.17. The first-order valence-electron chi connectivity index (χ1n) is 5.50. The zero-order chi connectivity index (χ0) is 13.9. The fourth-order valence-electron chi connectivity index (χ4n) is 1.47. The van der Waals surface area contributed by atoms with Crippen molar-refractivity contribution in [3.63, 3.8) is 0 Å². The van der Waals surface area contributed by atoms with Gasteiger partial charge in [-0.1, -0.05) is 11.6 Å². The summed E-state index contributed by atoms with van der Waals surface area (Å²) in [7, 11) is 0. The predicted octanol–water partition coefficient (Wildman–Crippen LogP) is 1.99. The Kier molecular flexibility index (Phi) is 3.21. The molecule has 0 aliphatic heterocycles. The van der Waals surface area contributed by atoms with Crippen LogP contribution in [0.3, 0.4) is 0 Å². The van der Waals surface area contributed by atoms with Crippen molar-refractivity contribution in [2.75, 3.05) is 5.32 Å². The highest BCUT2D eigenvalue weighted by Gasteiger charge is 2.14. The van der Waals surface area contributed by atoms with Gasteiger partial charge in [-0.2, -0.15) is 19.5 Å². The van der Waals surface area contributed by atoms with E-state index in [1.54, 1.807) is 18.5 Å². The summed E-state index contributed by atoms with van der Waals surface area (Å²) in [5.41, 5.74) is 0. The van der Waals surface area contributed by atoms with Gasteiger partial charge < -0.3 is 5.32 Å². The van der Waals surface area contributed by atoms with Crippen molar-refractivity contribution < 1.29 is 4.39 Å². The molecule has 0 aromatic carbocycles. The molecule has 0 spiro atoms. The van der Waals surface area contributed by atoms with Crippen LogP contribution in [0.2, 0.25) is 5.15 Å². The van der Waals surface area contributed by atoms with E-state index < -0.39 is 5.82 Å². The van der Waals surface area contributed by atoms with Gasteiger partial charge in [-0.25, -0.2) is 9.67 Å². The van der Waals surface area contributed by atoms with Crippen LogP contribution in [0.5, 0.6) is 0 Å². The molecule has 0 radical (unpaired) electrons. The highest BCUT2D eigenvalue weighted by Crippen LogP contribution is 2.22. The van der Waals surface area contributed by atoms with E-state index in [-0.39, 0.29) is 16.9 Å². The van der Waals surface area contributed by atoms with Crippen molar-refractivity contribution >= 4 is 23.2 Å². The van der Waals surface area contributed by atoms with Crippen molar-refractivity contribution in [2.45, 2.75) is 0 Å². The van der Waals surface area contributed by atoms with E-state index in [1.165, 1.54) is 23.3 Å². The van der Waals surface area contributed by atoms with Crippen molar-refractivity contribution in [3.05, 3.63) is 48.0 Å². The molecule has 3 heterocycles. The minimum atomic E-state index is -0.770. The van der Waals surface area contributed by atoms with Crippen LogP contribution >= 0.6 is 11.6 Å². The maximum absolute atomic E-state index is 13.9. The third kappa shape index (κ3) is 2.41. The number of nitrogens with one attached hydrogen (secondary N) is 1. The number of anilines is 2. The van der Waals surface area contributed by atoms with Gasteiger partial charge >= 0.3 is 0 Å². The summed E-state index contributed by atoms with van der Waals surface area (Å²) in [4.78, 5) is 15.7. The summed E-state index contributed by atoms with van der Waals surface area (Å²) >= 11 is 5.76. The Labute approximate surface area is 117 Å². The Bertz CT molecular complexity index is 717. The Morgan fingerprint density at radius 2 is 2.10 bits per heavy atom. The lowest BCUT2D eigenvalue weighted by molar-refractivity contribution is 0.614. The van der Waals surface area contributed by atoms with Gasteiger partial charge in [0.15, 0.2) is 11.0 Å². The molecule has 0 amide bonds. The van der Waals surface area contributed by atoms with Gasteiger partial charge in [0.25, 0.3) is 5.95 Å². The van der Waals surface area contributed by atoms with E-state index >= 15 is 0 Å². The molecular weight excluding hydrogens is 285 g/mol. The molecule has 3 aromatic heterocycles. The van der Waals surface area contributed by atoms with Crippen molar-refractivity contribution in [1.29, 1.82) is 0 Å². The molecular formula is C11H7ClFN7. The Morgan fingerprint density at radius 1 is 1.20 bits per heavy atom. The SMILES string of the molecule is Fc1c(Cl)nc(-n2cccn2)nc1Nc1cnccn1. The van der Waals surface area contributed by atoms with Crippen LogP contribution in [-0.4, -0.2) is 29.7 Å². The van der Waals surface area contributed by atoms with E-state index in [1.807, 2.05) is 0 Å². The van der Waals surface area contributed by atoms with Crippen molar-refractivity contribution in [2.24, 2.45) is 0 Å². The average Bonchev–Trinajstić information content (AvgIpc) is 2.99. The van der Waals surface area contributed by atoms with Crippen LogP contribution in [0.4, 0.5) is 16.0 Å². The molecule has 0 atom stereocenters. The second-order valence-corrected chi connectivity index (χ2v) is 4.00. The molecule has 0 aliphatic rings. The summed E-state index contributed by atoms with van der Waals surface area (Å²) in [6, 6.07) is 1.69. The number of hydrogen-bond acceptors (Lipinski definition) is 6. The molecule has 0 saturated heterocycles. The van der Waals surface area contributed by atoms with E-state index in [4.69, 9.17) is 11.6 Å². The molecule has 0 unspecified atom stereocenters. The van der Waals surface area contributed by atoms with Crippen molar-refractivity contribution in [1.82, 2.24) is 29.7 Å². The lowest BCUT2D eigenvalue weighted by Gasteiger charge is -2.08. The summed E-state index contributed by atoms with van der Waals surface area (Å²) in [6.07, 6.45) is 7.58. The lowest BCUT2D eigenvalue weighted by atomic mass is 10.5. The molecule has 3 rings (SSSR count). The first-order chi connectivity index (χ1) is 9.74. The van der Waals surface area contributed by atoms with Crippen molar-refractivity contribution in [3.8, 4) is 5.95 Å². The molecule has 9 heteroatoms. The number of halogens is 2.